The highest BCUT2D eigenvalue weighted by atomic mass is 35.5. The summed E-state index contributed by atoms with van der Waals surface area (Å²) in [5, 5.41) is 7.28. The normalized spacial score (nSPS) is 19.3. The van der Waals surface area contributed by atoms with Crippen LogP contribution in [0.4, 0.5) is 0 Å². The molecule has 1 heterocycles. The van der Waals surface area contributed by atoms with Gasteiger partial charge in [-0.25, -0.2) is 0 Å². The number of benzene rings is 1. The zero-order valence-electron chi connectivity index (χ0n) is 12.6. The molecule has 1 saturated heterocycles. The zero-order chi connectivity index (χ0) is 15.3. The molecule has 1 unspecified atom stereocenters. The minimum absolute atomic E-state index is 0.104. The largest absolute Gasteiger partial charge is 0.351 e. The van der Waals surface area contributed by atoms with Crippen molar-refractivity contribution in [3.63, 3.8) is 0 Å². The van der Waals surface area contributed by atoms with Gasteiger partial charge in [-0.2, -0.15) is 11.8 Å². The van der Waals surface area contributed by atoms with Crippen molar-refractivity contribution >= 4 is 29.3 Å². The average Bonchev–Trinajstić information content (AvgIpc) is 2.41. The molecule has 0 bridgehead atoms. The molecular formula is C16H23ClN2OS. The predicted octanol–water partition coefficient (Wildman–Crippen LogP) is 2.87. The van der Waals surface area contributed by atoms with Gasteiger partial charge < -0.3 is 10.6 Å². The molecule has 0 aliphatic carbocycles. The molecule has 1 fully saturated rings. The minimum atomic E-state index is -0.302. The molecule has 2 rings (SSSR count). The highest BCUT2D eigenvalue weighted by Crippen LogP contribution is 2.21. The molecule has 1 atom stereocenters. The van der Waals surface area contributed by atoms with Crippen LogP contribution in [0.1, 0.15) is 25.8 Å². The van der Waals surface area contributed by atoms with Crippen LogP contribution in [-0.2, 0) is 11.2 Å². The van der Waals surface area contributed by atoms with Crippen LogP contribution in [0.3, 0.4) is 0 Å². The quantitative estimate of drug-likeness (QED) is 0.874. The first kappa shape index (κ1) is 16.7. The fourth-order valence-electron chi connectivity index (χ4n) is 2.57. The SMILES string of the molecule is CC(C)(Cc1ccccc1Cl)NC(=O)CC1CSCCN1. The van der Waals surface area contributed by atoms with Crippen molar-refractivity contribution < 1.29 is 4.79 Å². The van der Waals surface area contributed by atoms with E-state index < -0.39 is 0 Å². The summed E-state index contributed by atoms with van der Waals surface area (Å²) in [5.74, 6) is 2.25. The van der Waals surface area contributed by atoms with Gasteiger partial charge in [0.25, 0.3) is 0 Å². The van der Waals surface area contributed by atoms with E-state index in [1.54, 1.807) is 0 Å². The standard InChI is InChI=1S/C16H23ClN2OS/c1-16(2,10-12-5-3-4-6-14(12)17)19-15(20)9-13-11-21-8-7-18-13/h3-6,13,18H,7-11H2,1-2H3,(H,19,20). The van der Waals surface area contributed by atoms with Crippen molar-refractivity contribution in [3.8, 4) is 0 Å². The van der Waals surface area contributed by atoms with Gasteiger partial charge in [-0.3, -0.25) is 4.79 Å². The number of nitrogens with one attached hydrogen (secondary N) is 2. The lowest BCUT2D eigenvalue weighted by molar-refractivity contribution is -0.123. The van der Waals surface area contributed by atoms with Crippen molar-refractivity contribution in [1.82, 2.24) is 10.6 Å². The number of amides is 1. The van der Waals surface area contributed by atoms with Gasteiger partial charge in [-0.05, 0) is 31.9 Å². The summed E-state index contributed by atoms with van der Waals surface area (Å²) in [4.78, 5) is 12.2. The van der Waals surface area contributed by atoms with Crippen LogP contribution in [0.25, 0.3) is 0 Å². The second-order valence-electron chi connectivity index (χ2n) is 6.13. The Morgan fingerprint density at radius 2 is 2.24 bits per heavy atom. The average molecular weight is 327 g/mol. The van der Waals surface area contributed by atoms with Crippen molar-refractivity contribution in [1.29, 1.82) is 0 Å². The van der Waals surface area contributed by atoms with Gasteiger partial charge in [0.15, 0.2) is 0 Å². The van der Waals surface area contributed by atoms with E-state index in [0.717, 1.165) is 35.1 Å². The van der Waals surface area contributed by atoms with Crippen LogP contribution in [-0.4, -0.2) is 35.5 Å². The Balaban J connectivity index is 1.87. The summed E-state index contributed by atoms with van der Waals surface area (Å²) in [5.41, 5.74) is 0.764. The van der Waals surface area contributed by atoms with Gasteiger partial charge in [0, 0.05) is 41.1 Å². The van der Waals surface area contributed by atoms with Crippen molar-refractivity contribution in [2.24, 2.45) is 0 Å². The smallest absolute Gasteiger partial charge is 0.222 e. The van der Waals surface area contributed by atoms with Crippen LogP contribution < -0.4 is 10.6 Å². The molecule has 0 saturated carbocycles. The Hall–Kier alpha value is -0.710. The zero-order valence-corrected chi connectivity index (χ0v) is 14.2. The molecule has 1 aliphatic rings. The van der Waals surface area contributed by atoms with Crippen molar-refractivity contribution in [2.45, 2.75) is 38.3 Å². The lowest BCUT2D eigenvalue weighted by Crippen LogP contribution is -2.48. The Morgan fingerprint density at radius 3 is 2.90 bits per heavy atom. The van der Waals surface area contributed by atoms with E-state index in [0.29, 0.717) is 12.5 Å². The van der Waals surface area contributed by atoms with Crippen molar-refractivity contribution in [3.05, 3.63) is 34.9 Å². The number of hydrogen-bond donors (Lipinski definition) is 2. The Morgan fingerprint density at radius 1 is 1.48 bits per heavy atom. The Bertz CT molecular complexity index is 487. The molecule has 0 radical (unpaired) electrons. The van der Waals surface area contributed by atoms with Gasteiger partial charge in [-0.15, -0.1) is 0 Å². The molecule has 21 heavy (non-hydrogen) atoms. The maximum Gasteiger partial charge on any atom is 0.222 e. The summed E-state index contributed by atoms with van der Waals surface area (Å²) >= 11 is 8.10. The molecule has 0 aromatic heterocycles. The first-order chi connectivity index (χ1) is 9.96. The summed E-state index contributed by atoms with van der Waals surface area (Å²) < 4.78 is 0. The second kappa shape index (κ2) is 7.52. The van der Waals surface area contributed by atoms with Gasteiger partial charge in [0.2, 0.25) is 5.91 Å². The number of hydrogen-bond acceptors (Lipinski definition) is 3. The topological polar surface area (TPSA) is 41.1 Å². The highest BCUT2D eigenvalue weighted by molar-refractivity contribution is 7.99. The molecule has 0 spiro atoms. The lowest BCUT2D eigenvalue weighted by atomic mass is 9.94. The number of carbonyl (C=O) groups is 1. The molecule has 1 amide bonds. The summed E-state index contributed by atoms with van der Waals surface area (Å²) in [6.45, 7) is 5.07. The lowest BCUT2D eigenvalue weighted by Gasteiger charge is -2.29. The van der Waals surface area contributed by atoms with Crippen molar-refractivity contribution in [2.75, 3.05) is 18.1 Å². The summed E-state index contributed by atoms with van der Waals surface area (Å²) in [6.07, 6.45) is 1.27. The summed E-state index contributed by atoms with van der Waals surface area (Å²) in [7, 11) is 0. The number of halogens is 1. The minimum Gasteiger partial charge on any atom is -0.351 e. The molecule has 3 nitrogen and oxygen atoms in total. The monoisotopic (exact) mass is 326 g/mol. The predicted molar refractivity (Wildman–Crippen MR) is 91.1 cm³/mol. The Kier molecular flexibility index (Phi) is 5.97. The first-order valence-corrected chi connectivity index (χ1v) is 8.85. The molecule has 116 valence electrons. The third-order valence-corrected chi connectivity index (χ3v) is 5.00. The van der Waals surface area contributed by atoms with Crippen LogP contribution in [0.15, 0.2) is 24.3 Å². The fourth-order valence-corrected chi connectivity index (χ4v) is 3.72. The van der Waals surface area contributed by atoms with E-state index in [9.17, 15) is 4.79 Å². The van der Waals surface area contributed by atoms with E-state index in [2.05, 4.69) is 10.6 Å². The molecule has 1 aliphatic heterocycles. The van der Waals surface area contributed by atoms with Crippen LogP contribution in [0.2, 0.25) is 5.02 Å². The van der Waals surface area contributed by atoms with Crippen LogP contribution in [0.5, 0.6) is 0 Å². The van der Waals surface area contributed by atoms with Crippen LogP contribution >= 0.6 is 23.4 Å². The maximum atomic E-state index is 12.2. The number of rotatable bonds is 5. The Labute approximate surface area is 136 Å². The van der Waals surface area contributed by atoms with Gasteiger partial charge >= 0.3 is 0 Å². The number of carbonyl (C=O) groups excluding carboxylic acids is 1. The van der Waals surface area contributed by atoms with Crippen LogP contribution in [0, 0.1) is 0 Å². The fraction of sp³-hybridized carbons (Fsp3) is 0.562. The third-order valence-electron chi connectivity index (χ3n) is 3.50. The first-order valence-electron chi connectivity index (χ1n) is 7.32. The van der Waals surface area contributed by atoms with E-state index in [4.69, 9.17) is 11.6 Å². The molecular weight excluding hydrogens is 304 g/mol. The molecule has 2 N–H and O–H groups in total. The highest BCUT2D eigenvalue weighted by Gasteiger charge is 2.24. The van der Waals surface area contributed by atoms with E-state index >= 15 is 0 Å². The second-order valence-corrected chi connectivity index (χ2v) is 7.69. The van der Waals surface area contributed by atoms with E-state index in [-0.39, 0.29) is 11.4 Å². The summed E-state index contributed by atoms with van der Waals surface area (Å²) in [6, 6.07) is 8.08. The maximum absolute atomic E-state index is 12.2. The van der Waals surface area contributed by atoms with Gasteiger partial charge in [-0.1, -0.05) is 29.8 Å². The molecule has 1 aromatic rings. The third kappa shape index (κ3) is 5.53. The molecule has 1 aromatic carbocycles. The van der Waals surface area contributed by atoms with Gasteiger partial charge in [0.05, 0.1) is 0 Å². The van der Waals surface area contributed by atoms with Gasteiger partial charge in [0.1, 0.15) is 0 Å². The molecule has 5 heteroatoms. The van der Waals surface area contributed by atoms with E-state index in [1.165, 1.54) is 0 Å². The number of thioether (sulfide) groups is 1. The van der Waals surface area contributed by atoms with E-state index in [1.807, 2.05) is 49.9 Å².